The molecule has 3 aromatic carbocycles. The molecule has 1 amide bonds. The Balaban J connectivity index is 1.58. The van der Waals surface area contributed by atoms with E-state index in [4.69, 9.17) is 14.2 Å². The summed E-state index contributed by atoms with van der Waals surface area (Å²) in [5.41, 5.74) is 2.79. The first-order valence-electron chi connectivity index (χ1n) is 13.2. The maximum atomic E-state index is 13.5. The number of ketones is 1. The third kappa shape index (κ3) is 5.91. The quantitative estimate of drug-likeness (QED) is 0.154. The first-order valence-corrected chi connectivity index (χ1v) is 13.2. The Morgan fingerprint density at radius 3 is 2.29 bits per heavy atom. The van der Waals surface area contributed by atoms with Gasteiger partial charge in [-0.15, -0.1) is 0 Å². The van der Waals surface area contributed by atoms with E-state index in [0.29, 0.717) is 41.6 Å². The van der Waals surface area contributed by atoms with Crippen molar-refractivity contribution in [2.24, 2.45) is 0 Å². The molecule has 1 aliphatic rings. The smallest absolute Gasteiger partial charge is 0.295 e. The number of aliphatic hydroxyl groups is 1. The second-order valence-corrected chi connectivity index (χ2v) is 9.42. The number of hydrogen-bond donors (Lipinski definition) is 1. The molecule has 0 spiro atoms. The van der Waals surface area contributed by atoms with Crippen LogP contribution in [-0.4, -0.2) is 40.4 Å². The molecule has 1 atom stereocenters. The van der Waals surface area contributed by atoms with Gasteiger partial charge in [-0.25, -0.2) is 0 Å². The molecule has 1 unspecified atom stereocenters. The minimum atomic E-state index is -0.868. The van der Waals surface area contributed by atoms with Gasteiger partial charge < -0.3 is 24.2 Å². The number of ether oxygens (including phenoxy) is 3. The lowest BCUT2D eigenvalue weighted by molar-refractivity contribution is -0.140. The molecular weight excluding hydrogens is 520 g/mol. The van der Waals surface area contributed by atoms with E-state index in [-0.39, 0.29) is 17.9 Å². The van der Waals surface area contributed by atoms with Crippen molar-refractivity contribution in [1.82, 2.24) is 9.88 Å². The molecule has 4 aromatic rings. The van der Waals surface area contributed by atoms with Crippen LogP contribution in [0.5, 0.6) is 17.2 Å². The second-order valence-electron chi connectivity index (χ2n) is 9.42. The van der Waals surface area contributed by atoms with Gasteiger partial charge in [0.2, 0.25) is 0 Å². The summed E-state index contributed by atoms with van der Waals surface area (Å²) in [4.78, 5) is 32.4. The number of aromatic nitrogens is 1. The van der Waals surface area contributed by atoms with Gasteiger partial charge in [-0.3, -0.25) is 14.6 Å². The molecule has 41 heavy (non-hydrogen) atoms. The number of carbonyl (C=O) groups excluding carboxylic acids is 2. The van der Waals surface area contributed by atoms with Crippen molar-refractivity contribution in [1.29, 1.82) is 0 Å². The van der Waals surface area contributed by atoms with E-state index < -0.39 is 17.7 Å². The number of carbonyl (C=O) groups is 2. The largest absolute Gasteiger partial charge is 0.507 e. The van der Waals surface area contributed by atoms with Crippen LogP contribution in [0.25, 0.3) is 5.76 Å². The molecule has 0 radical (unpaired) electrons. The SMILES string of the molecule is CCOc1cc(C2C(=C(O)c3ccc(OC)cc3)C(=O)C(=O)N2Cc2ccncc2)ccc1OCc1ccccc1. The molecule has 0 bridgehead atoms. The normalized spacial score (nSPS) is 16.0. The molecule has 1 fully saturated rings. The summed E-state index contributed by atoms with van der Waals surface area (Å²) in [5.74, 6) is -0.135. The van der Waals surface area contributed by atoms with E-state index in [2.05, 4.69) is 4.98 Å². The number of likely N-dealkylation sites (tertiary alicyclic amines) is 1. The number of nitrogens with zero attached hydrogens (tertiary/aromatic N) is 2. The van der Waals surface area contributed by atoms with Gasteiger partial charge in [0.25, 0.3) is 11.7 Å². The molecule has 1 saturated heterocycles. The van der Waals surface area contributed by atoms with Crippen LogP contribution < -0.4 is 14.2 Å². The van der Waals surface area contributed by atoms with Crippen molar-refractivity contribution < 1.29 is 28.9 Å². The van der Waals surface area contributed by atoms with Crippen LogP contribution in [0.2, 0.25) is 0 Å². The molecule has 1 aliphatic heterocycles. The number of benzene rings is 3. The molecule has 208 valence electrons. The van der Waals surface area contributed by atoms with Gasteiger partial charge in [-0.1, -0.05) is 36.4 Å². The summed E-state index contributed by atoms with van der Waals surface area (Å²) in [6, 6.07) is 24.5. The van der Waals surface area contributed by atoms with Gasteiger partial charge in [0, 0.05) is 24.5 Å². The second kappa shape index (κ2) is 12.4. The number of methoxy groups -OCH3 is 1. The zero-order valence-corrected chi connectivity index (χ0v) is 22.8. The van der Waals surface area contributed by atoms with Gasteiger partial charge >= 0.3 is 0 Å². The van der Waals surface area contributed by atoms with Gasteiger partial charge in [0.1, 0.15) is 18.1 Å². The molecule has 8 heteroatoms. The highest BCUT2D eigenvalue weighted by Crippen LogP contribution is 2.43. The molecular formula is C33H30N2O6. The van der Waals surface area contributed by atoms with Crippen molar-refractivity contribution in [3.8, 4) is 17.2 Å². The minimum absolute atomic E-state index is 0.00498. The lowest BCUT2D eigenvalue weighted by atomic mass is 9.94. The van der Waals surface area contributed by atoms with Crippen LogP contribution in [0.1, 0.15) is 35.2 Å². The summed E-state index contributed by atoms with van der Waals surface area (Å²) in [5, 5.41) is 11.4. The Hall–Kier alpha value is -5.11. The molecule has 0 aliphatic carbocycles. The van der Waals surface area contributed by atoms with Crippen LogP contribution in [0.4, 0.5) is 0 Å². The molecule has 2 heterocycles. The summed E-state index contributed by atoms with van der Waals surface area (Å²) in [6.45, 7) is 2.74. The van der Waals surface area contributed by atoms with Gasteiger partial charge in [-0.05, 0) is 72.1 Å². The number of hydrogen-bond acceptors (Lipinski definition) is 7. The predicted octanol–water partition coefficient (Wildman–Crippen LogP) is 5.69. The highest BCUT2D eigenvalue weighted by molar-refractivity contribution is 6.46. The first-order chi connectivity index (χ1) is 20.0. The Morgan fingerprint density at radius 2 is 1.61 bits per heavy atom. The number of Topliss-reactive ketones (excluding diaryl/α,β-unsaturated/α-hetero) is 1. The molecule has 8 nitrogen and oxygen atoms in total. The highest BCUT2D eigenvalue weighted by atomic mass is 16.5. The maximum Gasteiger partial charge on any atom is 0.295 e. The fraction of sp³-hybridized carbons (Fsp3) is 0.182. The zero-order valence-electron chi connectivity index (χ0n) is 22.8. The van der Waals surface area contributed by atoms with Crippen molar-refractivity contribution >= 4 is 17.4 Å². The third-order valence-electron chi connectivity index (χ3n) is 6.83. The Bertz CT molecular complexity index is 1550. The van der Waals surface area contributed by atoms with E-state index in [1.165, 1.54) is 4.90 Å². The Kier molecular flexibility index (Phi) is 8.29. The summed E-state index contributed by atoms with van der Waals surface area (Å²) in [6.07, 6.45) is 3.26. The van der Waals surface area contributed by atoms with Crippen LogP contribution in [0.15, 0.2) is 103 Å². The summed E-state index contributed by atoms with van der Waals surface area (Å²) in [7, 11) is 1.54. The molecule has 5 rings (SSSR count). The van der Waals surface area contributed by atoms with E-state index in [0.717, 1.165) is 11.1 Å². The number of pyridine rings is 1. The lowest BCUT2D eigenvalue weighted by Gasteiger charge is -2.26. The number of aliphatic hydroxyl groups excluding tert-OH is 1. The fourth-order valence-corrected chi connectivity index (χ4v) is 4.80. The summed E-state index contributed by atoms with van der Waals surface area (Å²) < 4.78 is 17.2. The minimum Gasteiger partial charge on any atom is -0.507 e. The first kappa shape index (κ1) is 27.5. The van der Waals surface area contributed by atoms with E-state index in [1.54, 1.807) is 74.1 Å². The number of rotatable bonds is 10. The standard InChI is InChI=1S/C33H30N2O6/c1-3-40-28-19-25(11-14-27(28)41-21-23-7-5-4-6-8-23)30-29(31(36)24-9-12-26(39-2)13-10-24)32(37)33(38)35(30)20-22-15-17-34-18-16-22/h4-19,30,36H,3,20-21H2,1-2H3. The Morgan fingerprint density at radius 1 is 0.878 bits per heavy atom. The van der Waals surface area contributed by atoms with Gasteiger partial charge in [-0.2, -0.15) is 0 Å². The van der Waals surface area contributed by atoms with E-state index in [9.17, 15) is 14.7 Å². The Labute approximate surface area is 238 Å². The fourth-order valence-electron chi connectivity index (χ4n) is 4.80. The zero-order chi connectivity index (χ0) is 28.8. The van der Waals surface area contributed by atoms with Crippen molar-refractivity contribution in [3.63, 3.8) is 0 Å². The van der Waals surface area contributed by atoms with Crippen LogP contribution in [0, 0.1) is 0 Å². The van der Waals surface area contributed by atoms with Crippen LogP contribution in [0.3, 0.4) is 0 Å². The van der Waals surface area contributed by atoms with Crippen LogP contribution >= 0.6 is 0 Å². The van der Waals surface area contributed by atoms with Gasteiger partial charge in [0.05, 0.1) is 25.3 Å². The molecule has 0 saturated carbocycles. The summed E-state index contributed by atoms with van der Waals surface area (Å²) >= 11 is 0. The highest BCUT2D eigenvalue weighted by Gasteiger charge is 2.46. The monoisotopic (exact) mass is 550 g/mol. The molecule has 1 N–H and O–H groups in total. The third-order valence-corrected chi connectivity index (χ3v) is 6.83. The number of amides is 1. The van der Waals surface area contributed by atoms with Crippen LogP contribution in [-0.2, 0) is 22.7 Å². The lowest BCUT2D eigenvalue weighted by Crippen LogP contribution is -2.29. The van der Waals surface area contributed by atoms with Crippen molar-refractivity contribution in [2.45, 2.75) is 26.1 Å². The van der Waals surface area contributed by atoms with E-state index >= 15 is 0 Å². The van der Waals surface area contributed by atoms with Gasteiger partial charge in [0.15, 0.2) is 11.5 Å². The average molecular weight is 551 g/mol. The van der Waals surface area contributed by atoms with E-state index in [1.807, 2.05) is 37.3 Å². The molecule has 1 aromatic heterocycles. The van der Waals surface area contributed by atoms with Crippen molar-refractivity contribution in [3.05, 3.63) is 125 Å². The average Bonchev–Trinajstić information content (AvgIpc) is 3.26. The predicted molar refractivity (Wildman–Crippen MR) is 153 cm³/mol. The van der Waals surface area contributed by atoms with Crippen molar-refractivity contribution in [2.75, 3.05) is 13.7 Å². The maximum absolute atomic E-state index is 13.5. The topological polar surface area (TPSA) is 98.2 Å².